The second-order valence-electron chi connectivity index (χ2n) is 18.4. The van der Waals surface area contributed by atoms with E-state index in [0.717, 1.165) is 88.4 Å². The van der Waals surface area contributed by atoms with Gasteiger partial charge in [0.05, 0.1) is 33.4 Å². The van der Waals surface area contributed by atoms with Crippen molar-refractivity contribution in [3.8, 4) is 33.6 Å². The molecule has 0 bridgehead atoms. The van der Waals surface area contributed by atoms with Crippen LogP contribution in [0.25, 0.3) is 77.2 Å². The van der Waals surface area contributed by atoms with Crippen LogP contribution in [0.5, 0.6) is 0 Å². The monoisotopic (exact) mass is 764 g/mol. The Morgan fingerprint density at radius 1 is 0.379 bits per heavy atom. The summed E-state index contributed by atoms with van der Waals surface area (Å²) in [7, 11) is 0. The van der Waals surface area contributed by atoms with Gasteiger partial charge in [-0.25, -0.2) is 8.78 Å². The highest BCUT2D eigenvalue weighted by Gasteiger charge is 2.39. The molecule has 0 aliphatic rings. The number of halogens is 2. The minimum absolute atomic E-state index is 0.330. The lowest BCUT2D eigenvalue weighted by Crippen LogP contribution is -2.26. The van der Waals surface area contributed by atoms with Gasteiger partial charge in [0.25, 0.3) is 0 Å². The van der Waals surface area contributed by atoms with Gasteiger partial charge in [-0.1, -0.05) is 124 Å². The van der Waals surface area contributed by atoms with E-state index in [0.29, 0.717) is 11.1 Å². The Bertz CT molecular complexity index is 2940. The SMILES string of the molecule is Cc1ccc2c(c1)c1cc(C)ccc1n2-c1c(-c2ccccc2F)c(C(C)(C)C)c(-n2c3ccc(C)cc3c3cc(C)ccc32)c(C(C)(C)C)c1-c1ccccc1F. The van der Waals surface area contributed by atoms with Crippen molar-refractivity contribution in [1.29, 1.82) is 0 Å². The van der Waals surface area contributed by atoms with E-state index < -0.39 is 10.8 Å². The third kappa shape index (κ3) is 5.79. The molecule has 290 valence electrons. The van der Waals surface area contributed by atoms with Crippen molar-refractivity contribution in [2.45, 2.75) is 80.1 Å². The van der Waals surface area contributed by atoms with Crippen molar-refractivity contribution in [2.75, 3.05) is 0 Å². The van der Waals surface area contributed by atoms with E-state index in [9.17, 15) is 0 Å². The summed E-state index contributed by atoms with van der Waals surface area (Å²) in [4.78, 5) is 0. The molecule has 4 heteroatoms. The lowest BCUT2D eigenvalue weighted by atomic mass is 9.71. The summed E-state index contributed by atoms with van der Waals surface area (Å²) in [6, 6.07) is 40.7. The van der Waals surface area contributed by atoms with Gasteiger partial charge in [0.1, 0.15) is 11.6 Å². The number of fused-ring (bicyclic) bond motifs is 6. The van der Waals surface area contributed by atoms with Crippen LogP contribution < -0.4 is 0 Å². The smallest absolute Gasteiger partial charge is 0.131 e. The summed E-state index contributed by atoms with van der Waals surface area (Å²) >= 11 is 0. The standard InChI is InChI=1S/C54H50F2N2/c1-31-19-23-43-37(27-31)38-28-32(2)20-24-44(38)57(43)51-47(35-15-11-13-17-41(35)55)49(53(5,6)7)52(50(54(8,9)10)48(51)36-16-12-14-18-42(36)56)58-45-25-21-33(3)29-39(45)40-30-34(4)22-26-46(40)58/h11-30H,1-10H3. The van der Waals surface area contributed by atoms with Gasteiger partial charge in [-0.2, -0.15) is 0 Å². The van der Waals surface area contributed by atoms with E-state index in [1.54, 1.807) is 24.3 Å². The minimum atomic E-state index is -0.542. The van der Waals surface area contributed by atoms with Crippen LogP contribution in [0.2, 0.25) is 0 Å². The van der Waals surface area contributed by atoms with Crippen molar-refractivity contribution in [3.63, 3.8) is 0 Å². The lowest BCUT2D eigenvalue weighted by Gasteiger charge is -2.38. The van der Waals surface area contributed by atoms with Crippen molar-refractivity contribution < 1.29 is 8.78 Å². The van der Waals surface area contributed by atoms with Crippen LogP contribution in [0, 0.1) is 39.3 Å². The third-order valence-electron chi connectivity index (χ3n) is 11.8. The van der Waals surface area contributed by atoms with Crippen LogP contribution in [-0.2, 0) is 10.8 Å². The Hall–Kier alpha value is -6.00. The number of nitrogens with zero attached hydrogens (tertiary/aromatic N) is 2. The molecule has 9 aromatic rings. The zero-order valence-electron chi connectivity index (χ0n) is 35.2. The van der Waals surface area contributed by atoms with Crippen LogP contribution in [-0.4, -0.2) is 9.13 Å². The number of hydrogen-bond acceptors (Lipinski definition) is 0. The topological polar surface area (TPSA) is 9.86 Å². The summed E-state index contributed by atoms with van der Waals surface area (Å²) in [5.41, 5.74) is 13.8. The van der Waals surface area contributed by atoms with Gasteiger partial charge in [-0.15, -0.1) is 0 Å². The fraction of sp³-hybridized carbons (Fsp3) is 0.222. The fourth-order valence-electron chi connectivity index (χ4n) is 9.47. The predicted octanol–water partition coefficient (Wildman–Crippen LogP) is 15.3. The van der Waals surface area contributed by atoms with Gasteiger partial charge in [0, 0.05) is 43.8 Å². The van der Waals surface area contributed by atoms with E-state index in [-0.39, 0.29) is 11.6 Å². The van der Waals surface area contributed by atoms with E-state index in [1.165, 1.54) is 11.1 Å². The Balaban J connectivity index is 1.68. The largest absolute Gasteiger partial charge is 0.309 e. The van der Waals surface area contributed by atoms with Crippen LogP contribution >= 0.6 is 0 Å². The highest BCUT2D eigenvalue weighted by atomic mass is 19.1. The third-order valence-corrected chi connectivity index (χ3v) is 11.8. The van der Waals surface area contributed by atoms with E-state index >= 15 is 8.78 Å². The van der Waals surface area contributed by atoms with Gasteiger partial charge < -0.3 is 9.13 Å². The zero-order chi connectivity index (χ0) is 41.0. The molecule has 0 N–H and O–H groups in total. The number of rotatable bonds is 4. The molecule has 9 rings (SSSR count). The second-order valence-corrected chi connectivity index (χ2v) is 18.4. The quantitative estimate of drug-likeness (QED) is 0.169. The zero-order valence-corrected chi connectivity index (χ0v) is 35.2. The average Bonchev–Trinajstić information content (AvgIpc) is 3.64. The van der Waals surface area contributed by atoms with Crippen molar-refractivity contribution in [2.24, 2.45) is 0 Å². The molecule has 2 aromatic heterocycles. The molecule has 0 saturated heterocycles. The Morgan fingerprint density at radius 3 is 0.966 bits per heavy atom. The first kappa shape index (κ1) is 37.6. The second kappa shape index (κ2) is 13.3. The highest BCUT2D eigenvalue weighted by Crippen LogP contribution is 2.55. The molecule has 0 aliphatic carbocycles. The molecule has 2 heterocycles. The Kier molecular flexibility index (Phi) is 8.60. The van der Waals surface area contributed by atoms with Crippen LogP contribution in [0.15, 0.2) is 121 Å². The molecule has 0 radical (unpaired) electrons. The van der Waals surface area contributed by atoms with Gasteiger partial charge in [0.2, 0.25) is 0 Å². The summed E-state index contributed by atoms with van der Waals surface area (Å²) in [5.74, 6) is -0.659. The number of aryl methyl sites for hydroxylation is 4. The number of aromatic nitrogens is 2. The predicted molar refractivity (Wildman–Crippen MR) is 242 cm³/mol. The maximum absolute atomic E-state index is 17.1. The molecule has 7 aromatic carbocycles. The van der Waals surface area contributed by atoms with Crippen molar-refractivity contribution in [1.82, 2.24) is 9.13 Å². The molecule has 0 saturated carbocycles. The molecule has 58 heavy (non-hydrogen) atoms. The molecule has 0 spiro atoms. The van der Waals surface area contributed by atoms with E-state index in [2.05, 4.69) is 151 Å². The van der Waals surface area contributed by atoms with Gasteiger partial charge in [0.15, 0.2) is 0 Å². The lowest BCUT2D eigenvalue weighted by molar-refractivity contribution is 0.564. The molecule has 0 unspecified atom stereocenters. The fourth-order valence-corrected chi connectivity index (χ4v) is 9.47. The first-order valence-electron chi connectivity index (χ1n) is 20.3. The molecule has 0 aliphatic heterocycles. The summed E-state index contributed by atoms with van der Waals surface area (Å²) < 4.78 is 39.0. The van der Waals surface area contributed by atoms with Gasteiger partial charge in [-0.3, -0.25) is 0 Å². The number of hydrogen-bond donors (Lipinski definition) is 0. The molecule has 2 nitrogen and oxygen atoms in total. The summed E-state index contributed by atoms with van der Waals surface area (Å²) in [6.07, 6.45) is 0. The molecular weight excluding hydrogens is 715 g/mol. The van der Waals surface area contributed by atoms with Crippen molar-refractivity contribution in [3.05, 3.63) is 166 Å². The summed E-state index contributed by atoms with van der Waals surface area (Å²) in [6.45, 7) is 21.9. The number of benzene rings is 7. The van der Waals surface area contributed by atoms with Crippen LogP contribution in [0.1, 0.15) is 74.9 Å². The first-order valence-corrected chi connectivity index (χ1v) is 20.3. The van der Waals surface area contributed by atoms with Crippen molar-refractivity contribution >= 4 is 43.6 Å². The maximum atomic E-state index is 17.1. The Morgan fingerprint density at radius 2 is 0.672 bits per heavy atom. The molecule has 0 atom stereocenters. The van der Waals surface area contributed by atoms with E-state index in [1.807, 2.05) is 24.3 Å². The maximum Gasteiger partial charge on any atom is 0.131 e. The minimum Gasteiger partial charge on any atom is -0.309 e. The van der Waals surface area contributed by atoms with Crippen LogP contribution in [0.3, 0.4) is 0 Å². The van der Waals surface area contributed by atoms with Gasteiger partial charge in [-0.05, 0) is 110 Å². The van der Waals surface area contributed by atoms with Gasteiger partial charge >= 0.3 is 0 Å². The molecule has 0 amide bonds. The highest BCUT2D eigenvalue weighted by molar-refractivity contribution is 6.13. The summed E-state index contributed by atoms with van der Waals surface area (Å²) in [5, 5.41) is 4.50. The molecular formula is C54H50F2N2. The Labute approximate surface area is 340 Å². The van der Waals surface area contributed by atoms with E-state index in [4.69, 9.17) is 0 Å². The average molecular weight is 765 g/mol. The molecule has 0 fully saturated rings. The first-order chi connectivity index (χ1) is 27.5. The van der Waals surface area contributed by atoms with Crippen LogP contribution in [0.4, 0.5) is 8.78 Å². The normalized spacial score (nSPS) is 12.5.